The third-order valence-electron chi connectivity index (χ3n) is 2.42. The first kappa shape index (κ1) is 12.9. The van der Waals surface area contributed by atoms with Gasteiger partial charge in [-0.05, 0) is 19.4 Å². The van der Waals surface area contributed by atoms with E-state index in [1.807, 2.05) is 26.0 Å². The molecule has 1 unspecified atom stereocenters. The first-order valence-electron chi connectivity index (χ1n) is 5.37. The van der Waals surface area contributed by atoms with E-state index in [-0.39, 0.29) is 12.4 Å². The fourth-order valence-electron chi connectivity index (χ4n) is 1.78. The first-order valence-corrected chi connectivity index (χ1v) is 5.37. The number of hydrogen-bond acceptors (Lipinski definition) is 3. The second-order valence-electron chi connectivity index (χ2n) is 4.20. The summed E-state index contributed by atoms with van der Waals surface area (Å²) in [7, 11) is 1.55. The lowest BCUT2D eigenvalue weighted by Crippen LogP contribution is -2.35. The maximum atomic E-state index is 11.7. The Morgan fingerprint density at radius 1 is 1.31 bits per heavy atom. The number of carbonyl (C=O) groups excluding carboxylic acids is 1. The van der Waals surface area contributed by atoms with Crippen LogP contribution in [0, 0.1) is 13.8 Å². The number of ketones is 1. The highest BCUT2D eigenvalue weighted by Crippen LogP contribution is 2.10. The van der Waals surface area contributed by atoms with Crippen molar-refractivity contribution in [3.05, 3.63) is 34.9 Å². The van der Waals surface area contributed by atoms with Crippen molar-refractivity contribution in [3.63, 3.8) is 0 Å². The van der Waals surface area contributed by atoms with Gasteiger partial charge in [0.15, 0.2) is 5.78 Å². The lowest BCUT2D eigenvalue weighted by Gasteiger charge is -2.10. The highest BCUT2D eigenvalue weighted by Gasteiger charge is 2.13. The van der Waals surface area contributed by atoms with Gasteiger partial charge >= 0.3 is 0 Å². The molecule has 88 valence electrons. The molecule has 1 aromatic carbocycles. The summed E-state index contributed by atoms with van der Waals surface area (Å²) in [5.74, 6) is 0.0202. The van der Waals surface area contributed by atoms with Gasteiger partial charge in [0.25, 0.3) is 0 Å². The first-order chi connectivity index (χ1) is 7.52. The normalized spacial score (nSPS) is 12.5. The molecule has 3 heteroatoms. The predicted molar refractivity (Wildman–Crippen MR) is 64.5 cm³/mol. The lowest BCUT2D eigenvalue weighted by atomic mass is 10.0. The van der Waals surface area contributed by atoms with E-state index in [1.165, 1.54) is 11.1 Å². The van der Waals surface area contributed by atoms with Crippen molar-refractivity contribution in [3.8, 4) is 0 Å². The second-order valence-corrected chi connectivity index (χ2v) is 4.20. The molecule has 0 bridgehead atoms. The van der Waals surface area contributed by atoms with Crippen LogP contribution in [0.5, 0.6) is 0 Å². The molecule has 0 saturated heterocycles. The van der Waals surface area contributed by atoms with E-state index in [2.05, 4.69) is 6.07 Å². The summed E-state index contributed by atoms with van der Waals surface area (Å²) in [4.78, 5) is 11.7. The van der Waals surface area contributed by atoms with Crippen molar-refractivity contribution >= 4 is 5.78 Å². The number of methoxy groups -OCH3 is 1. The van der Waals surface area contributed by atoms with Gasteiger partial charge in [-0.15, -0.1) is 0 Å². The van der Waals surface area contributed by atoms with E-state index in [4.69, 9.17) is 10.5 Å². The molecule has 0 spiro atoms. The lowest BCUT2D eigenvalue weighted by molar-refractivity contribution is -0.120. The van der Waals surface area contributed by atoms with E-state index in [0.717, 1.165) is 5.56 Å². The number of Topliss-reactive ketones (excluding diaryl/α,β-unsaturated/α-hetero) is 1. The third kappa shape index (κ3) is 3.76. The Morgan fingerprint density at radius 3 is 2.38 bits per heavy atom. The summed E-state index contributed by atoms with van der Waals surface area (Å²) in [5, 5.41) is 0. The Bertz CT molecular complexity index is 354. The fraction of sp³-hybridized carbons (Fsp3) is 0.462. The fourth-order valence-corrected chi connectivity index (χ4v) is 1.78. The molecule has 0 radical (unpaired) electrons. The average molecular weight is 221 g/mol. The summed E-state index contributed by atoms with van der Waals surface area (Å²) in [5.41, 5.74) is 9.04. The number of benzene rings is 1. The average Bonchev–Trinajstić information content (AvgIpc) is 2.16. The number of ether oxygens (including phenoxy) is 1. The van der Waals surface area contributed by atoms with Crippen molar-refractivity contribution in [2.24, 2.45) is 5.73 Å². The molecule has 1 rings (SSSR count). The zero-order valence-corrected chi connectivity index (χ0v) is 10.1. The summed E-state index contributed by atoms with van der Waals surface area (Å²) in [6.45, 7) is 4.33. The summed E-state index contributed by atoms with van der Waals surface area (Å²) < 4.78 is 4.86. The SMILES string of the molecule is COCC(N)C(=O)Cc1cc(C)cc(C)c1. The van der Waals surface area contributed by atoms with Gasteiger partial charge in [0.2, 0.25) is 0 Å². The van der Waals surface area contributed by atoms with Gasteiger partial charge in [0, 0.05) is 13.5 Å². The molecule has 0 fully saturated rings. The highest BCUT2D eigenvalue weighted by molar-refractivity contribution is 5.86. The predicted octanol–water partition coefficient (Wildman–Crippen LogP) is 1.39. The molecule has 0 amide bonds. The molecule has 0 aliphatic carbocycles. The van der Waals surface area contributed by atoms with Crippen molar-refractivity contribution in [1.82, 2.24) is 0 Å². The third-order valence-corrected chi connectivity index (χ3v) is 2.42. The van der Waals surface area contributed by atoms with Crippen LogP contribution in [0.2, 0.25) is 0 Å². The standard InChI is InChI=1S/C13H19NO2/c1-9-4-10(2)6-11(5-9)7-13(15)12(14)8-16-3/h4-6,12H,7-8,14H2,1-3H3. The number of hydrogen-bond donors (Lipinski definition) is 1. The minimum Gasteiger partial charge on any atom is -0.383 e. The monoisotopic (exact) mass is 221 g/mol. The quantitative estimate of drug-likeness (QED) is 0.817. The van der Waals surface area contributed by atoms with Crippen molar-refractivity contribution in [2.45, 2.75) is 26.3 Å². The van der Waals surface area contributed by atoms with Crippen LogP contribution in [0.4, 0.5) is 0 Å². The number of aryl methyl sites for hydroxylation is 2. The van der Waals surface area contributed by atoms with Gasteiger partial charge in [-0.1, -0.05) is 29.3 Å². The minimum absolute atomic E-state index is 0.0202. The van der Waals surface area contributed by atoms with Crippen molar-refractivity contribution < 1.29 is 9.53 Å². The summed E-state index contributed by atoms with van der Waals surface area (Å²) in [6.07, 6.45) is 0.382. The van der Waals surface area contributed by atoms with Gasteiger partial charge < -0.3 is 10.5 Å². The summed E-state index contributed by atoms with van der Waals surface area (Å²) >= 11 is 0. The Balaban J connectivity index is 2.69. The minimum atomic E-state index is -0.522. The maximum absolute atomic E-state index is 11.7. The van der Waals surface area contributed by atoms with Crippen LogP contribution in [0.25, 0.3) is 0 Å². The van der Waals surface area contributed by atoms with E-state index >= 15 is 0 Å². The number of nitrogens with two attached hydrogens (primary N) is 1. The van der Waals surface area contributed by atoms with Gasteiger partial charge in [-0.2, -0.15) is 0 Å². The Morgan fingerprint density at radius 2 is 1.88 bits per heavy atom. The van der Waals surface area contributed by atoms with Gasteiger partial charge in [-0.25, -0.2) is 0 Å². The zero-order chi connectivity index (χ0) is 12.1. The van der Waals surface area contributed by atoms with Crippen LogP contribution in [-0.2, 0) is 16.0 Å². The van der Waals surface area contributed by atoms with E-state index in [9.17, 15) is 4.79 Å². The van der Waals surface area contributed by atoms with Gasteiger partial charge in [0.05, 0.1) is 12.6 Å². The van der Waals surface area contributed by atoms with Crippen LogP contribution in [0.1, 0.15) is 16.7 Å². The molecule has 1 atom stereocenters. The van der Waals surface area contributed by atoms with Crippen LogP contribution in [0.3, 0.4) is 0 Å². The molecular weight excluding hydrogens is 202 g/mol. The topological polar surface area (TPSA) is 52.3 Å². The van der Waals surface area contributed by atoms with E-state index in [0.29, 0.717) is 6.42 Å². The summed E-state index contributed by atoms with van der Waals surface area (Å²) in [6, 6.07) is 5.60. The molecule has 1 aromatic rings. The Hall–Kier alpha value is -1.19. The molecule has 16 heavy (non-hydrogen) atoms. The molecule has 2 N–H and O–H groups in total. The maximum Gasteiger partial charge on any atom is 0.156 e. The van der Waals surface area contributed by atoms with Crippen molar-refractivity contribution in [1.29, 1.82) is 0 Å². The van der Waals surface area contributed by atoms with Crippen LogP contribution in [0.15, 0.2) is 18.2 Å². The van der Waals surface area contributed by atoms with Crippen LogP contribution >= 0.6 is 0 Å². The molecule has 0 aliphatic rings. The Kier molecular flexibility index (Phi) is 4.65. The van der Waals surface area contributed by atoms with Crippen molar-refractivity contribution in [2.75, 3.05) is 13.7 Å². The molecule has 0 aromatic heterocycles. The molecule has 0 aliphatic heterocycles. The smallest absolute Gasteiger partial charge is 0.156 e. The number of carbonyl (C=O) groups is 1. The van der Waals surface area contributed by atoms with Gasteiger partial charge in [-0.3, -0.25) is 4.79 Å². The largest absolute Gasteiger partial charge is 0.383 e. The molecule has 0 saturated carbocycles. The van der Waals surface area contributed by atoms with Crippen LogP contribution in [-0.4, -0.2) is 25.5 Å². The van der Waals surface area contributed by atoms with E-state index in [1.54, 1.807) is 7.11 Å². The molecule has 3 nitrogen and oxygen atoms in total. The van der Waals surface area contributed by atoms with Gasteiger partial charge in [0.1, 0.15) is 0 Å². The number of rotatable bonds is 5. The van der Waals surface area contributed by atoms with Crippen LogP contribution < -0.4 is 5.73 Å². The highest BCUT2D eigenvalue weighted by atomic mass is 16.5. The zero-order valence-electron chi connectivity index (χ0n) is 10.1. The molecular formula is C13H19NO2. The second kappa shape index (κ2) is 5.77. The van der Waals surface area contributed by atoms with E-state index < -0.39 is 6.04 Å². The Labute approximate surface area is 96.6 Å². The molecule has 0 heterocycles.